The molecule has 3 aromatic rings. The molecule has 0 fully saturated rings. The normalized spacial score (nSPS) is 11.5. The Kier molecular flexibility index (Phi) is 5.79. The van der Waals surface area contributed by atoms with Crippen LogP contribution in [-0.4, -0.2) is 12.5 Å². The van der Waals surface area contributed by atoms with Crippen LogP contribution in [0.1, 0.15) is 23.1 Å². The van der Waals surface area contributed by atoms with E-state index in [1.165, 1.54) is 11.5 Å². The van der Waals surface area contributed by atoms with Gasteiger partial charge in [-0.15, -0.1) is 0 Å². The van der Waals surface area contributed by atoms with Crippen LogP contribution in [0.4, 0.5) is 13.2 Å². The predicted octanol–water partition coefficient (Wildman–Crippen LogP) is 5.15. The van der Waals surface area contributed by atoms with Gasteiger partial charge in [-0.3, -0.25) is 4.79 Å². The minimum atomic E-state index is -4.36. The summed E-state index contributed by atoms with van der Waals surface area (Å²) >= 11 is 0. The van der Waals surface area contributed by atoms with Gasteiger partial charge in [0.15, 0.2) is 0 Å². The summed E-state index contributed by atoms with van der Waals surface area (Å²) in [6.45, 7) is 0.495. The molecule has 140 valence electrons. The van der Waals surface area contributed by atoms with Crippen molar-refractivity contribution in [2.45, 2.75) is 25.4 Å². The number of hydrogen-bond donors (Lipinski definition) is 1. The molecule has 3 aromatic carbocycles. The molecule has 1 amide bonds. The Bertz CT molecular complexity index is 929. The van der Waals surface area contributed by atoms with Crippen molar-refractivity contribution in [3.8, 4) is 0 Å². The number of rotatable bonds is 6. The van der Waals surface area contributed by atoms with E-state index in [0.29, 0.717) is 18.5 Å². The lowest BCUT2D eigenvalue weighted by Gasteiger charge is -2.10. The minimum Gasteiger partial charge on any atom is -0.356 e. The molecule has 0 bridgehead atoms. The van der Waals surface area contributed by atoms with Crippen LogP contribution in [0.5, 0.6) is 0 Å². The van der Waals surface area contributed by atoms with Gasteiger partial charge in [-0.25, -0.2) is 0 Å². The average molecular weight is 371 g/mol. The summed E-state index contributed by atoms with van der Waals surface area (Å²) in [6.07, 6.45) is -3.21. The average Bonchev–Trinajstić information content (AvgIpc) is 2.66. The van der Waals surface area contributed by atoms with E-state index in [0.717, 1.165) is 23.1 Å². The number of alkyl halides is 3. The predicted molar refractivity (Wildman–Crippen MR) is 100 cm³/mol. The lowest BCUT2D eigenvalue weighted by atomic mass is 10.0. The smallest absolute Gasteiger partial charge is 0.356 e. The number of halogens is 3. The molecule has 0 unspecified atom stereocenters. The molecule has 0 aliphatic rings. The number of aryl methyl sites for hydroxylation is 1. The Morgan fingerprint density at radius 2 is 1.63 bits per heavy atom. The molecule has 0 radical (unpaired) electrons. The van der Waals surface area contributed by atoms with E-state index >= 15 is 0 Å². The number of benzene rings is 3. The van der Waals surface area contributed by atoms with Crippen molar-refractivity contribution >= 4 is 16.7 Å². The second-order valence-electron chi connectivity index (χ2n) is 6.44. The zero-order valence-electron chi connectivity index (χ0n) is 14.7. The largest absolute Gasteiger partial charge is 0.416 e. The van der Waals surface area contributed by atoms with Crippen molar-refractivity contribution in [1.29, 1.82) is 0 Å². The zero-order valence-corrected chi connectivity index (χ0v) is 14.7. The maximum atomic E-state index is 12.7. The Morgan fingerprint density at radius 3 is 2.44 bits per heavy atom. The van der Waals surface area contributed by atoms with Gasteiger partial charge in [-0.05, 0) is 40.8 Å². The summed E-state index contributed by atoms with van der Waals surface area (Å²) in [5, 5.41) is 5.17. The van der Waals surface area contributed by atoms with Gasteiger partial charge in [0.25, 0.3) is 0 Å². The van der Waals surface area contributed by atoms with Crippen LogP contribution in [0.2, 0.25) is 0 Å². The zero-order chi connectivity index (χ0) is 19.3. The first-order valence-corrected chi connectivity index (χ1v) is 8.83. The summed E-state index contributed by atoms with van der Waals surface area (Å²) in [7, 11) is 0. The molecule has 0 saturated heterocycles. The van der Waals surface area contributed by atoms with E-state index in [1.54, 1.807) is 6.07 Å². The molecule has 0 aromatic heterocycles. The van der Waals surface area contributed by atoms with E-state index in [-0.39, 0.29) is 18.7 Å². The second-order valence-corrected chi connectivity index (χ2v) is 6.44. The van der Waals surface area contributed by atoms with Crippen molar-refractivity contribution in [2.24, 2.45) is 0 Å². The van der Waals surface area contributed by atoms with Crippen LogP contribution in [-0.2, 0) is 23.8 Å². The molecule has 0 spiro atoms. The first kappa shape index (κ1) is 19.0. The summed E-state index contributed by atoms with van der Waals surface area (Å²) in [5.41, 5.74) is 0.983. The molecule has 5 heteroatoms. The van der Waals surface area contributed by atoms with Crippen molar-refractivity contribution in [2.75, 3.05) is 6.54 Å². The van der Waals surface area contributed by atoms with Gasteiger partial charge in [0.05, 0.1) is 5.56 Å². The van der Waals surface area contributed by atoms with Crippen LogP contribution >= 0.6 is 0 Å². The molecule has 0 heterocycles. The third kappa shape index (κ3) is 5.09. The molecule has 0 saturated carbocycles. The molecular weight excluding hydrogens is 351 g/mol. The first-order chi connectivity index (χ1) is 12.9. The second kappa shape index (κ2) is 8.25. The maximum absolute atomic E-state index is 12.7. The van der Waals surface area contributed by atoms with Gasteiger partial charge < -0.3 is 5.32 Å². The van der Waals surface area contributed by atoms with Gasteiger partial charge in [0, 0.05) is 13.0 Å². The highest BCUT2D eigenvalue weighted by Crippen LogP contribution is 2.29. The number of amides is 1. The molecular formula is C22H20F3NO. The molecule has 0 aliphatic heterocycles. The van der Waals surface area contributed by atoms with Crippen LogP contribution in [0, 0.1) is 0 Å². The number of fused-ring (bicyclic) bond motifs is 1. The third-order valence-electron chi connectivity index (χ3n) is 4.49. The van der Waals surface area contributed by atoms with E-state index in [4.69, 9.17) is 0 Å². The summed E-state index contributed by atoms with van der Waals surface area (Å²) in [6, 6.07) is 19.3. The van der Waals surface area contributed by atoms with Crippen molar-refractivity contribution in [1.82, 2.24) is 5.32 Å². The van der Waals surface area contributed by atoms with Gasteiger partial charge in [0.1, 0.15) is 0 Å². The maximum Gasteiger partial charge on any atom is 0.416 e. The van der Waals surface area contributed by atoms with E-state index < -0.39 is 11.7 Å². The van der Waals surface area contributed by atoms with Gasteiger partial charge in [-0.1, -0.05) is 60.7 Å². The highest BCUT2D eigenvalue weighted by atomic mass is 19.4. The number of hydrogen-bond acceptors (Lipinski definition) is 1. The molecule has 2 nitrogen and oxygen atoms in total. The molecule has 3 rings (SSSR count). The first-order valence-electron chi connectivity index (χ1n) is 8.83. The van der Waals surface area contributed by atoms with Crippen molar-refractivity contribution < 1.29 is 18.0 Å². The fourth-order valence-electron chi connectivity index (χ4n) is 3.10. The van der Waals surface area contributed by atoms with Gasteiger partial charge >= 0.3 is 6.18 Å². The highest BCUT2D eigenvalue weighted by molar-refractivity contribution is 5.85. The van der Waals surface area contributed by atoms with Crippen molar-refractivity contribution in [3.05, 3.63) is 83.4 Å². The number of carbonyl (C=O) groups excluding carboxylic acids is 1. The lowest BCUT2D eigenvalue weighted by molar-refractivity contribution is -0.137. The minimum absolute atomic E-state index is 0.160. The fourth-order valence-corrected chi connectivity index (χ4v) is 3.10. The molecule has 0 atom stereocenters. The lowest BCUT2D eigenvalue weighted by Crippen LogP contribution is -2.25. The topological polar surface area (TPSA) is 29.1 Å². The standard InChI is InChI=1S/C22H20F3NO/c23-22(24,25)19-9-3-5-16(15-19)11-12-21(27)26-14-13-18-8-4-7-17-6-1-2-10-20(17)18/h1-10,15H,11-14H2,(H,26,27). The van der Waals surface area contributed by atoms with Gasteiger partial charge in [0.2, 0.25) is 5.91 Å². The molecule has 27 heavy (non-hydrogen) atoms. The monoisotopic (exact) mass is 371 g/mol. The van der Waals surface area contributed by atoms with Gasteiger partial charge in [-0.2, -0.15) is 13.2 Å². The SMILES string of the molecule is O=C(CCc1cccc(C(F)(F)F)c1)NCCc1cccc2ccccc12. The van der Waals surface area contributed by atoms with E-state index in [1.807, 2.05) is 36.4 Å². The Hall–Kier alpha value is -2.82. The van der Waals surface area contributed by atoms with E-state index in [9.17, 15) is 18.0 Å². The number of nitrogens with one attached hydrogen (secondary N) is 1. The van der Waals surface area contributed by atoms with Crippen LogP contribution in [0.25, 0.3) is 10.8 Å². The van der Waals surface area contributed by atoms with Crippen molar-refractivity contribution in [3.63, 3.8) is 0 Å². The Labute approximate surface area is 156 Å². The Balaban J connectivity index is 1.50. The fraction of sp³-hybridized carbons (Fsp3) is 0.227. The Morgan fingerprint density at radius 1 is 0.889 bits per heavy atom. The van der Waals surface area contributed by atoms with Crippen LogP contribution in [0.15, 0.2) is 66.7 Å². The quantitative estimate of drug-likeness (QED) is 0.638. The molecule has 1 N–H and O–H groups in total. The third-order valence-corrected chi connectivity index (χ3v) is 4.49. The van der Waals surface area contributed by atoms with E-state index in [2.05, 4.69) is 11.4 Å². The number of carbonyl (C=O) groups is 1. The van der Waals surface area contributed by atoms with Crippen LogP contribution < -0.4 is 5.32 Å². The highest BCUT2D eigenvalue weighted by Gasteiger charge is 2.30. The molecule has 0 aliphatic carbocycles. The summed E-state index contributed by atoms with van der Waals surface area (Å²) in [4.78, 5) is 12.0. The summed E-state index contributed by atoms with van der Waals surface area (Å²) in [5.74, 6) is -0.160. The summed E-state index contributed by atoms with van der Waals surface area (Å²) < 4.78 is 38.2. The van der Waals surface area contributed by atoms with Crippen LogP contribution in [0.3, 0.4) is 0 Å².